The summed E-state index contributed by atoms with van der Waals surface area (Å²) in [5.41, 5.74) is 0. The van der Waals surface area contributed by atoms with Gasteiger partial charge in [0.05, 0.1) is 13.2 Å². The molecule has 0 radical (unpaired) electrons. The van der Waals surface area contributed by atoms with Crippen LogP contribution in [0.15, 0.2) is 28.7 Å². The van der Waals surface area contributed by atoms with Crippen LogP contribution in [0.2, 0.25) is 0 Å². The van der Waals surface area contributed by atoms with E-state index < -0.39 is 6.10 Å². The second-order valence-corrected chi connectivity index (χ2v) is 5.65. The second-order valence-electron chi connectivity index (χ2n) is 3.34. The van der Waals surface area contributed by atoms with Gasteiger partial charge in [0.2, 0.25) is 0 Å². The predicted molar refractivity (Wildman–Crippen MR) is 76.5 cm³/mol. The number of hydrogen-bond donors (Lipinski definition) is 2. The minimum absolute atomic E-state index is 0.0686. The lowest BCUT2D eigenvalue weighted by atomic mass is 10.3. The van der Waals surface area contributed by atoms with Crippen LogP contribution >= 0.6 is 38.5 Å². The molecule has 4 nitrogen and oxygen atoms in total. The first-order valence-electron chi connectivity index (χ1n) is 5.04. The summed E-state index contributed by atoms with van der Waals surface area (Å²) in [7, 11) is 0. The molecule has 0 heterocycles. The quantitative estimate of drug-likeness (QED) is 0.527. The highest BCUT2D eigenvalue weighted by Gasteiger charge is 2.09. The number of benzene rings is 1. The van der Waals surface area contributed by atoms with E-state index in [9.17, 15) is 5.11 Å². The van der Waals surface area contributed by atoms with Crippen LogP contribution in [-0.2, 0) is 4.74 Å². The summed E-state index contributed by atoms with van der Waals surface area (Å²) >= 11 is 5.28. The van der Waals surface area contributed by atoms with E-state index in [0.29, 0.717) is 5.75 Å². The Kier molecular flexibility index (Phi) is 7.36. The third-order valence-corrected chi connectivity index (χ3v) is 3.15. The number of alkyl halides is 1. The van der Waals surface area contributed by atoms with Gasteiger partial charge in [0.15, 0.2) is 0 Å². The van der Waals surface area contributed by atoms with Crippen molar-refractivity contribution in [3.8, 4) is 5.75 Å². The third kappa shape index (κ3) is 6.56. The molecule has 1 aromatic rings. The SMILES string of the molecule is OCC(I)OC[C@H](O)COc1ccc(Br)cc1. The smallest absolute Gasteiger partial charge is 0.131 e. The molecular weight excluding hydrogens is 403 g/mol. The highest BCUT2D eigenvalue weighted by Crippen LogP contribution is 2.16. The molecule has 2 atom stereocenters. The van der Waals surface area contributed by atoms with E-state index in [2.05, 4.69) is 15.9 Å². The molecule has 96 valence electrons. The molecule has 0 aliphatic rings. The van der Waals surface area contributed by atoms with Gasteiger partial charge in [-0.25, -0.2) is 0 Å². The van der Waals surface area contributed by atoms with Gasteiger partial charge in [-0.05, 0) is 46.9 Å². The van der Waals surface area contributed by atoms with Crippen molar-refractivity contribution >= 4 is 38.5 Å². The first-order valence-corrected chi connectivity index (χ1v) is 7.08. The minimum Gasteiger partial charge on any atom is -0.491 e. The summed E-state index contributed by atoms with van der Waals surface area (Å²) in [6.07, 6.45) is -0.706. The number of ether oxygens (including phenoxy) is 2. The Labute approximate surface area is 122 Å². The van der Waals surface area contributed by atoms with Crippen molar-refractivity contribution in [1.29, 1.82) is 0 Å². The van der Waals surface area contributed by atoms with Gasteiger partial charge < -0.3 is 19.7 Å². The predicted octanol–water partition coefficient (Wildman–Crippen LogP) is 1.96. The normalized spacial score (nSPS) is 14.4. The molecule has 0 saturated heterocycles. The van der Waals surface area contributed by atoms with Gasteiger partial charge in [-0.2, -0.15) is 0 Å². The second kappa shape index (κ2) is 8.25. The average molecular weight is 417 g/mol. The van der Waals surface area contributed by atoms with Crippen LogP contribution < -0.4 is 4.74 Å². The van der Waals surface area contributed by atoms with Gasteiger partial charge in [-0.1, -0.05) is 15.9 Å². The summed E-state index contributed by atoms with van der Waals surface area (Å²) in [6.45, 7) is 0.238. The maximum atomic E-state index is 9.57. The molecule has 6 heteroatoms. The maximum Gasteiger partial charge on any atom is 0.131 e. The van der Waals surface area contributed by atoms with E-state index in [4.69, 9.17) is 14.6 Å². The molecule has 1 aromatic carbocycles. The Balaban J connectivity index is 2.23. The van der Waals surface area contributed by atoms with E-state index >= 15 is 0 Å². The van der Waals surface area contributed by atoms with Gasteiger partial charge in [0, 0.05) is 4.47 Å². The third-order valence-electron chi connectivity index (χ3n) is 1.87. The Hall–Kier alpha value is 0.110. The van der Waals surface area contributed by atoms with E-state index in [-0.39, 0.29) is 23.9 Å². The Bertz CT molecular complexity index is 320. The zero-order valence-electron chi connectivity index (χ0n) is 9.05. The van der Waals surface area contributed by atoms with E-state index in [1.807, 2.05) is 46.9 Å². The molecule has 0 amide bonds. The lowest BCUT2D eigenvalue weighted by molar-refractivity contribution is -0.00530. The molecule has 1 rings (SSSR count). The van der Waals surface area contributed by atoms with E-state index in [1.54, 1.807) is 0 Å². The summed E-state index contributed by atoms with van der Waals surface area (Å²) in [4.78, 5) is 0. The van der Waals surface area contributed by atoms with Gasteiger partial charge in [-0.3, -0.25) is 0 Å². The molecule has 0 bridgehead atoms. The highest BCUT2D eigenvalue weighted by molar-refractivity contribution is 14.1. The topological polar surface area (TPSA) is 58.9 Å². The number of aliphatic hydroxyl groups excluding tert-OH is 2. The van der Waals surface area contributed by atoms with Crippen molar-refractivity contribution in [3.63, 3.8) is 0 Å². The van der Waals surface area contributed by atoms with Crippen LogP contribution in [-0.4, -0.2) is 40.2 Å². The highest BCUT2D eigenvalue weighted by atomic mass is 127. The molecular formula is C11H14BrIO4. The summed E-state index contributed by atoms with van der Waals surface area (Å²) in [6, 6.07) is 7.36. The molecule has 0 aromatic heterocycles. The van der Waals surface area contributed by atoms with Crippen LogP contribution in [0.4, 0.5) is 0 Å². The van der Waals surface area contributed by atoms with E-state index in [1.165, 1.54) is 0 Å². The number of rotatable bonds is 7. The average Bonchev–Trinajstić information content (AvgIpc) is 2.35. The molecule has 0 saturated carbocycles. The van der Waals surface area contributed by atoms with Crippen LogP contribution in [0.5, 0.6) is 5.75 Å². The lowest BCUT2D eigenvalue weighted by Crippen LogP contribution is -2.26. The monoisotopic (exact) mass is 416 g/mol. The first kappa shape index (κ1) is 15.2. The van der Waals surface area contributed by atoms with Crippen molar-refractivity contribution in [2.75, 3.05) is 19.8 Å². The van der Waals surface area contributed by atoms with Crippen molar-refractivity contribution in [2.45, 2.75) is 10.2 Å². The van der Waals surface area contributed by atoms with Gasteiger partial charge in [-0.15, -0.1) is 0 Å². The van der Waals surface area contributed by atoms with Crippen LogP contribution in [0.25, 0.3) is 0 Å². The van der Waals surface area contributed by atoms with Crippen molar-refractivity contribution in [3.05, 3.63) is 28.7 Å². The molecule has 0 aliphatic carbocycles. The fourth-order valence-electron chi connectivity index (χ4n) is 1.04. The lowest BCUT2D eigenvalue weighted by Gasteiger charge is -2.14. The van der Waals surface area contributed by atoms with Gasteiger partial charge in [0.1, 0.15) is 22.6 Å². The molecule has 0 fully saturated rings. The largest absolute Gasteiger partial charge is 0.491 e. The van der Waals surface area contributed by atoms with Gasteiger partial charge >= 0.3 is 0 Å². The number of aliphatic hydroxyl groups is 2. The fourth-order valence-corrected chi connectivity index (χ4v) is 1.51. The van der Waals surface area contributed by atoms with Crippen LogP contribution in [0.3, 0.4) is 0 Å². The summed E-state index contributed by atoms with van der Waals surface area (Å²) in [5, 5.41) is 18.3. The van der Waals surface area contributed by atoms with Gasteiger partial charge in [0.25, 0.3) is 0 Å². The van der Waals surface area contributed by atoms with Crippen LogP contribution in [0.1, 0.15) is 0 Å². The molecule has 17 heavy (non-hydrogen) atoms. The fraction of sp³-hybridized carbons (Fsp3) is 0.455. The number of hydrogen-bond acceptors (Lipinski definition) is 4. The Morgan fingerprint density at radius 2 is 1.88 bits per heavy atom. The summed E-state index contributed by atoms with van der Waals surface area (Å²) < 4.78 is 11.2. The van der Waals surface area contributed by atoms with Crippen molar-refractivity contribution in [2.24, 2.45) is 0 Å². The Morgan fingerprint density at radius 1 is 1.24 bits per heavy atom. The molecule has 2 N–H and O–H groups in total. The molecule has 0 spiro atoms. The van der Waals surface area contributed by atoms with Crippen molar-refractivity contribution in [1.82, 2.24) is 0 Å². The standard InChI is InChI=1S/C11H14BrIO4/c12-8-1-3-10(4-2-8)16-6-9(15)7-17-11(13)5-14/h1-4,9,11,14-15H,5-7H2/t9-,11?/m1/s1. The molecule has 1 unspecified atom stereocenters. The van der Waals surface area contributed by atoms with Crippen LogP contribution in [0, 0.1) is 0 Å². The zero-order chi connectivity index (χ0) is 12.7. The maximum absolute atomic E-state index is 9.57. The number of halogens is 2. The zero-order valence-corrected chi connectivity index (χ0v) is 12.8. The Morgan fingerprint density at radius 3 is 2.47 bits per heavy atom. The summed E-state index contributed by atoms with van der Waals surface area (Å²) in [5.74, 6) is 0.695. The minimum atomic E-state index is -0.706. The molecule has 0 aliphatic heterocycles. The first-order chi connectivity index (χ1) is 8.11. The van der Waals surface area contributed by atoms with E-state index in [0.717, 1.165) is 4.47 Å². The van der Waals surface area contributed by atoms with Crippen molar-refractivity contribution < 1.29 is 19.7 Å².